The van der Waals surface area contributed by atoms with Crippen molar-refractivity contribution in [1.82, 2.24) is 4.98 Å². The Hall–Kier alpha value is -0.910. The highest BCUT2D eigenvalue weighted by Gasteiger charge is 2.09. The van der Waals surface area contributed by atoms with Gasteiger partial charge in [-0.1, -0.05) is 6.07 Å². The molecule has 2 N–H and O–H groups in total. The quantitative estimate of drug-likeness (QED) is 0.918. The maximum atomic E-state index is 6.16. The summed E-state index contributed by atoms with van der Waals surface area (Å²) in [5.41, 5.74) is 7.30. The van der Waals surface area contributed by atoms with E-state index in [4.69, 9.17) is 10.5 Å². The fourth-order valence-electron chi connectivity index (χ4n) is 1.74. The second kappa shape index (κ2) is 6.31. The van der Waals surface area contributed by atoms with Gasteiger partial charge in [-0.25, -0.2) is 4.98 Å². The zero-order valence-electron chi connectivity index (χ0n) is 10.1. The van der Waals surface area contributed by atoms with Gasteiger partial charge in [-0.15, -0.1) is 11.3 Å². The van der Waals surface area contributed by atoms with E-state index in [1.165, 1.54) is 4.88 Å². The van der Waals surface area contributed by atoms with Crippen LogP contribution in [0.1, 0.15) is 10.4 Å². The van der Waals surface area contributed by atoms with Crippen LogP contribution in [0.4, 0.5) is 0 Å². The summed E-state index contributed by atoms with van der Waals surface area (Å²) in [5, 5.41) is 2.07. The van der Waals surface area contributed by atoms with E-state index in [0.717, 1.165) is 22.9 Å². The fourth-order valence-corrected chi connectivity index (χ4v) is 3.34. The van der Waals surface area contributed by atoms with Gasteiger partial charge in [0, 0.05) is 27.7 Å². The SMILES string of the molecule is COc1ccc(CC(N)Cc2sccc2Br)cn1. The molecule has 5 heteroatoms. The molecule has 0 aromatic carbocycles. The van der Waals surface area contributed by atoms with Crippen molar-refractivity contribution >= 4 is 27.3 Å². The lowest BCUT2D eigenvalue weighted by Crippen LogP contribution is -2.25. The molecule has 1 atom stereocenters. The Morgan fingerprint density at radius 2 is 2.22 bits per heavy atom. The Balaban J connectivity index is 1.94. The number of nitrogens with zero attached hydrogens (tertiary/aromatic N) is 1. The molecule has 2 rings (SSSR count). The molecule has 0 aliphatic carbocycles. The number of hydrogen-bond donors (Lipinski definition) is 1. The van der Waals surface area contributed by atoms with Crippen LogP contribution in [0.25, 0.3) is 0 Å². The number of halogens is 1. The zero-order valence-corrected chi connectivity index (χ0v) is 12.5. The van der Waals surface area contributed by atoms with Crippen LogP contribution in [0, 0.1) is 0 Å². The highest BCUT2D eigenvalue weighted by Crippen LogP contribution is 2.24. The summed E-state index contributed by atoms with van der Waals surface area (Å²) < 4.78 is 6.18. The Morgan fingerprint density at radius 3 is 2.78 bits per heavy atom. The minimum Gasteiger partial charge on any atom is -0.481 e. The summed E-state index contributed by atoms with van der Waals surface area (Å²) in [5.74, 6) is 0.633. The normalized spacial score (nSPS) is 12.4. The van der Waals surface area contributed by atoms with Crippen molar-refractivity contribution in [3.8, 4) is 5.88 Å². The number of thiophene rings is 1. The molecule has 1 unspecified atom stereocenters. The van der Waals surface area contributed by atoms with Crippen LogP contribution < -0.4 is 10.5 Å². The average molecular weight is 327 g/mol. The standard InChI is InChI=1S/C13H15BrN2OS/c1-17-13-3-2-9(8-16-13)6-10(15)7-12-11(14)4-5-18-12/h2-5,8,10H,6-7,15H2,1H3. The highest BCUT2D eigenvalue weighted by molar-refractivity contribution is 9.10. The first-order valence-corrected chi connectivity index (χ1v) is 7.32. The summed E-state index contributed by atoms with van der Waals surface area (Å²) in [6.45, 7) is 0. The van der Waals surface area contributed by atoms with Gasteiger partial charge in [0.25, 0.3) is 0 Å². The van der Waals surface area contributed by atoms with Crippen LogP contribution in [-0.4, -0.2) is 18.1 Å². The van der Waals surface area contributed by atoms with E-state index >= 15 is 0 Å². The van der Waals surface area contributed by atoms with E-state index in [0.29, 0.717) is 5.88 Å². The monoisotopic (exact) mass is 326 g/mol. The van der Waals surface area contributed by atoms with E-state index < -0.39 is 0 Å². The Morgan fingerprint density at radius 1 is 1.39 bits per heavy atom. The maximum Gasteiger partial charge on any atom is 0.212 e. The summed E-state index contributed by atoms with van der Waals surface area (Å²) in [7, 11) is 1.61. The van der Waals surface area contributed by atoms with Crippen LogP contribution in [0.15, 0.2) is 34.2 Å². The van der Waals surface area contributed by atoms with Crippen molar-refractivity contribution in [3.05, 3.63) is 44.7 Å². The molecular weight excluding hydrogens is 312 g/mol. The molecule has 2 aromatic heterocycles. The smallest absolute Gasteiger partial charge is 0.212 e. The van der Waals surface area contributed by atoms with Crippen LogP contribution in [0.5, 0.6) is 5.88 Å². The molecule has 18 heavy (non-hydrogen) atoms. The molecule has 0 saturated carbocycles. The van der Waals surface area contributed by atoms with Gasteiger partial charge in [-0.05, 0) is 45.8 Å². The van der Waals surface area contributed by atoms with Gasteiger partial charge < -0.3 is 10.5 Å². The van der Waals surface area contributed by atoms with Gasteiger partial charge >= 0.3 is 0 Å². The van der Waals surface area contributed by atoms with Crippen molar-refractivity contribution in [2.45, 2.75) is 18.9 Å². The van der Waals surface area contributed by atoms with Crippen LogP contribution in [-0.2, 0) is 12.8 Å². The summed E-state index contributed by atoms with van der Waals surface area (Å²) in [6.07, 6.45) is 3.52. The third-order valence-electron chi connectivity index (χ3n) is 2.64. The molecule has 0 spiro atoms. The number of methoxy groups -OCH3 is 1. The molecule has 0 amide bonds. The van der Waals surface area contributed by atoms with Crippen molar-refractivity contribution in [2.75, 3.05) is 7.11 Å². The van der Waals surface area contributed by atoms with E-state index in [1.807, 2.05) is 18.3 Å². The van der Waals surface area contributed by atoms with Gasteiger partial charge in [0.2, 0.25) is 5.88 Å². The molecule has 0 bridgehead atoms. The predicted molar refractivity (Wildman–Crippen MR) is 78.2 cm³/mol. The van der Waals surface area contributed by atoms with Gasteiger partial charge in [-0.3, -0.25) is 0 Å². The Bertz CT molecular complexity index is 498. The van der Waals surface area contributed by atoms with Crippen molar-refractivity contribution in [1.29, 1.82) is 0 Å². The number of aromatic nitrogens is 1. The van der Waals surface area contributed by atoms with E-state index in [2.05, 4.69) is 32.4 Å². The molecule has 2 heterocycles. The number of pyridine rings is 1. The lowest BCUT2D eigenvalue weighted by atomic mass is 10.1. The summed E-state index contributed by atoms with van der Waals surface area (Å²) in [4.78, 5) is 5.48. The molecule has 0 saturated heterocycles. The molecule has 96 valence electrons. The topological polar surface area (TPSA) is 48.1 Å². The number of nitrogens with two attached hydrogens (primary N) is 1. The average Bonchev–Trinajstić information content (AvgIpc) is 2.76. The fraction of sp³-hybridized carbons (Fsp3) is 0.308. The molecule has 3 nitrogen and oxygen atoms in total. The van der Waals surface area contributed by atoms with Gasteiger partial charge in [-0.2, -0.15) is 0 Å². The highest BCUT2D eigenvalue weighted by atomic mass is 79.9. The number of hydrogen-bond acceptors (Lipinski definition) is 4. The predicted octanol–water partition coefficient (Wildman–Crippen LogP) is 3.03. The number of ether oxygens (including phenoxy) is 1. The first kappa shape index (κ1) is 13.5. The van der Waals surface area contributed by atoms with Crippen molar-refractivity contribution < 1.29 is 4.74 Å². The molecule has 0 fully saturated rings. The van der Waals surface area contributed by atoms with Gasteiger partial charge in [0.1, 0.15) is 0 Å². The largest absolute Gasteiger partial charge is 0.481 e. The first-order valence-electron chi connectivity index (χ1n) is 5.65. The summed E-state index contributed by atoms with van der Waals surface area (Å²) >= 11 is 5.26. The zero-order chi connectivity index (χ0) is 13.0. The summed E-state index contributed by atoms with van der Waals surface area (Å²) in [6, 6.07) is 6.04. The second-order valence-corrected chi connectivity index (χ2v) is 5.92. The van der Waals surface area contributed by atoms with Gasteiger partial charge in [0.15, 0.2) is 0 Å². The van der Waals surface area contributed by atoms with E-state index in [-0.39, 0.29) is 6.04 Å². The lowest BCUT2D eigenvalue weighted by molar-refractivity contribution is 0.397. The van der Waals surface area contributed by atoms with Crippen LogP contribution in [0.3, 0.4) is 0 Å². The maximum absolute atomic E-state index is 6.16. The minimum absolute atomic E-state index is 0.107. The lowest BCUT2D eigenvalue weighted by Gasteiger charge is -2.11. The molecule has 0 aliphatic heterocycles. The van der Waals surface area contributed by atoms with E-state index in [9.17, 15) is 0 Å². The Labute approximate surface area is 119 Å². The molecular formula is C13H15BrN2OS. The van der Waals surface area contributed by atoms with Crippen molar-refractivity contribution in [2.24, 2.45) is 5.73 Å². The Kier molecular flexibility index (Phi) is 4.74. The van der Waals surface area contributed by atoms with E-state index in [1.54, 1.807) is 18.4 Å². The second-order valence-electron chi connectivity index (χ2n) is 4.07. The molecule has 0 aliphatic rings. The third-order valence-corrected chi connectivity index (χ3v) is 4.59. The third kappa shape index (κ3) is 3.54. The molecule has 2 aromatic rings. The first-order chi connectivity index (χ1) is 8.69. The van der Waals surface area contributed by atoms with Crippen LogP contribution in [0.2, 0.25) is 0 Å². The van der Waals surface area contributed by atoms with Crippen molar-refractivity contribution in [3.63, 3.8) is 0 Å². The van der Waals surface area contributed by atoms with Gasteiger partial charge in [0.05, 0.1) is 7.11 Å². The van der Waals surface area contributed by atoms with Crippen LogP contribution >= 0.6 is 27.3 Å². The molecule has 0 radical (unpaired) electrons. The number of rotatable bonds is 5. The minimum atomic E-state index is 0.107.